The number of benzene rings is 4. The predicted molar refractivity (Wildman–Crippen MR) is 135 cm³/mol. The van der Waals surface area contributed by atoms with Crippen molar-refractivity contribution in [2.45, 2.75) is 39.3 Å². The van der Waals surface area contributed by atoms with E-state index in [0.717, 1.165) is 29.5 Å². The summed E-state index contributed by atoms with van der Waals surface area (Å²) in [5.41, 5.74) is 9.16. The van der Waals surface area contributed by atoms with Crippen LogP contribution in [0.2, 0.25) is 0 Å². The maximum Gasteiger partial charge on any atom is 0.255 e. The molecule has 5 rings (SSSR count). The normalized spacial score (nSPS) is 13.0. The molecule has 0 aliphatic heterocycles. The van der Waals surface area contributed by atoms with E-state index in [4.69, 9.17) is 0 Å². The summed E-state index contributed by atoms with van der Waals surface area (Å²) >= 11 is 0. The Morgan fingerprint density at radius 3 is 2.12 bits per heavy atom. The summed E-state index contributed by atoms with van der Waals surface area (Å²) in [5, 5.41) is 0. The van der Waals surface area contributed by atoms with Crippen LogP contribution in [0.4, 0.5) is 0 Å². The second-order valence-electron chi connectivity index (χ2n) is 9.16. The number of nitrogens with zero attached hydrogens (tertiary/aromatic N) is 1. The van der Waals surface area contributed by atoms with Gasteiger partial charge < -0.3 is 4.90 Å². The van der Waals surface area contributed by atoms with Crippen LogP contribution in [0, 0.1) is 13.8 Å². The molecule has 0 spiro atoms. The molecular weight excluding hydrogens is 402 g/mol. The van der Waals surface area contributed by atoms with Crippen LogP contribution in [0.5, 0.6) is 0 Å². The average molecular weight is 432 g/mol. The first-order valence-corrected chi connectivity index (χ1v) is 11.7. The Bertz CT molecular complexity index is 1260. The number of rotatable bonds is 5. The fraction of sp³-hybridized carbons (Fsp3) is 0.194. The van der Waals surface area contributed by atoms with Crippen LogP contribution < -0.4 is 0 Å². The first kappa shape index (κ1) is 21.2. The van der Waals surface area contributed by atoms with E-state index >= 15 is 0 Å². The van der Waals surface area contributed by atoms with Gasteiger partial charge in [-0.3, -0.25) is 4.79 Å². The largest absolute Gasteiger partial charge is 0.331 e. The number of amides is 1. The Morgan fingerprint density at radius 2 is 1.42 bits per heavy atom. The fourth-order valence-corrected chi connectivity index (χ4v) is 4.94. The molecule has 1 aliphatic rings. The van der Waals surface area contributed by atoms with Crippen molar-refractivity contribution in [3.8, 4) is 11.1 Å². The van der Waals surface area contributed by atoms with E-state index in [-0.39, 0.29) is 11.9 Å². The standard InChI is InChI=1S/C31H29NO/c1-22-14-16-25(17-15-22)29-12-5-6-13-30(29)31(33)32(21-24-9-7-8-23(2)18-24)28-19-26-10-3-4-11-27(26)20-28/h3-18,28H,19-21H2,1-2H3. The Hall–Kier alpha value is -3.65. The third-order valence-corrected chi connectivity index (χ3v) is 6.69. The molecule has 4 aromatic rings. The summed E-state index contributed by atoms with van der Waals surface area (Å²) in [7, 11) is 0. The van der Waals surface area contributed by atoms with Gasteiger partial charge in [0.15, 0.2) is 0 Å². The molecule has 33 heavy (non-hydrogen) atoms. The molecule has 0 aromatic heterocycles. The van der Waals surface area contributed by atoms with Crippen molar-refractivity contribution in [2.75, 3.05) is 0 Å². The highest BCUT2D eigenvalue weighted by atomic mass is 16.2. The molecule has 0 unspecified atom stereocenters. The van der Waals surface area contributed by atoms with E-state index in [1.165, 1.54) is 27.8 Å². The Balaban J connectivity index is 1.53. The first-order chi connectivity index (χ1) is 16.1. The molecule has 0 bridgehead atoms. The molecule has 0 radical (unpaired) electrons. The molecule has 164 valence electrons. The van der Waals surface area contributed by atoms with Gasteiger partial charge in [-0.1, -0.05) is 102 Å². The number of aryl methyl sites for hydroxylation is 2. The van der Waals surface area contributed by atoms with Crippen molar-refractivity contribution >= 4 is 5.91 Å². The topological polar surface area (TPSA) is 20.3 Å². The lowest BCUT2D eigenvalue weighted by atomic mass is 9.97. The molecule has 4 aromatic carbocycles. The summed E-state index contributed by atoms with van der Waals surface area (Å²) in [4.78, 5) is 16.3. The van der Waals surface area contributed by atoms with Gasteiger partial charge in [-0.25, -0.2) is 0 Å². The highest BCUT2D eigenvalue weighted by Crippen LogP contribution is 2.31. The molecule has 0 heterocycles. The van der Waals surface area contributed by atoms with Crippen LogP contribution in [0.15, 0.2) is 97.1 Å². The highest BCUT2D eigenvalue weighted by Gasteiger charge is 2.31. The Kier molecular flexibility index (Phi) is 5.83. The number of hydrogen-bond acceptors (Lipinski definition) is 1. The number of hydrogen-bond donors (Lipinski definition) is 0. The van der Waals surface area contributed by atoms with E-state index < -0.39 is 0 Å². The second kappa shape index (κ2) is 9.07. The van der Waals surface area contributed by atoms with Crippen LogP contribution in [-0.2, 0) is 19.4 Å². The minimum atomic E-state index is 0.102. The Morgan fingerprint density at radius 1 is 0.758 bits per heavy atom. The molecule has 0 saturated carbocycles. The van der Waals surface area contributed by atoms with E-state index in [1.807, 2.05) is 18.2 Å². The van der Waals surface area contributed by atoms with Gasteiger partial charge in [0.25, 0.3) is 5.91 Å². The van der Waals surface area contributed by atoms with Crippen molar-refractivity contribution < 1.29 is 4.79 Å². The van der Waals surface area contributed by atoms with Crippen molar-refractivity contribution in [1.29, 1.82) is 0 Å². The van der Waals surface area contributed by atoms with Gasteiger partial charge in [-0.15, -0.1) is 0 Å². The third kappa shape index (κ3) is 4.47. The molecule has 0 saturated heterocycles. The van der Waals surface area contributed by atoms with Gasteiger partial charge in [-0.05, 0) is 60.6 Å². The molecule has 0 atom stereocenters. The van der Waals surface area contributed by atoms with E-state index in [0.29, 0.717) is 6.54 Å². The van der Waals surface area contributed by atoms with Crippen LogP contribution in [0.3, 0.4) is 0 Å². The lowest BCUT2D eigenvalue weighted by Crippen LogP contribution is -2.40. The minimum absolute atomic E-state index is 0.102. The summed E-state index contributed by atoms with van der Waals surface area (Å²) in [6, 6.07) is 33.7. The van der Waals surface area contributed by atoms with E-state index in [1.54, 1.807) is 0 Å². The molecule has 0 fully saturated rings. The zero-order valence-corrected chi connectivity index (χ0v) is 19.3. The van der Waals surface area contributed by atoms with Crippen molar-refractivity contribution in [3.05, 3.63) is 130 Å². The summed E-state index contributed by atoms with van der Waals surface area (Å²) in [5.74, 6) is 0.102. The van der Waals surface area contributed by atoms with Crippen LogP contribution in [0.1, 0.15) is 38.2 Å². The van der Waals surface area contributed by atoms with Gasteiger partial charge in [0.05, 0.1) is 0 Å². The molecule has 2 heteroatoms. The maximum absolute atomic E-state index is 14.2. The van der Waals surface area contributed by atoms with Crippen molar-refractivity contribution in [2.24, 2.45) is 0 Å². The lowest BCUT2D eigenvalue weighted by Gasteiger charge is -2.30. The maximum atomic E-state index is 14.2. The molecule has 2 nitrogen and oxygen atoms in total. The zero-order chi connectivity index (χ0) is 22.8. The van der Waals surface area contributed by atoms with Gasteiger partial charge in [-0.2, -0.15) is 0 Å². The van der Waals surface area contributed by atoms with Crippen molar-refractivity contribution in [1.82, 2.24) is 4.90 Å². The smallest absolute Gasteiger partial charge is 0.255 e. The second-order valence-corrected chi connectivity index (χ2v) is 9.16. The van der Waals surface area contributed by atoms with Gasteiger partial charge in [0.2, 0.25) is 0 Å². The number of carbonyl (C=O) groups is 1. The van der Waals surface area contributed by atoms with E-state index in [9.17, 15) is 4.79 Å². The van der Waals surface area contributed by atoms with Crippen molar-refractivity contribution in [3.63, 3.8) is 0 Å². The first-order valence-electron chi connectivity index (χ1n) is 11.7. The minimum Gasteiger partial charge on any atom is -0.331 e. The molecular formula is C31H29NO. The molecule has 0 N–H and O–H groups in total. The Labute approximate surface area is 196 Å². The van der Waals surface area contributed by atoms with Crippen LogP contribution >= 0.6 is 0 Å². The third-order valence-electron chi connectivity index (χ3n) is 6.69. The summed E-state index contributed by atoms with van der Waals surface area (Å²) < 4.78 is 0. The summed E-state index contributed by atoms with van der Waals surface area (Å²) in [6.45, 7) is 4.80. The summed E-state index contributed by atoms with van der Waals surface area (Å²) in [6.07, 6.45) is 1.81. The fourth-order valence-electron chi connectivity index (χ4n) is 4.94. The molecule has 1 amide bonds. The zero-order valence-electron chi connectivity index (χ0n) is 19.3. The predicted octanol–water partition coefficient (Wildman–Crippen LogP) is 6.78. The van der Waals surface area contributed by atoms with Gasteiger partial charge >= 0.3 is 0 Å². The highest BCUT2D eigenvalue weighted by molar-refractivity contribution is 6.01. The van der Waals surface area contributed by atoms with Gasteiger partial charge in [0, 0.05) is 18.2 Å². The van der Waals surface area contributed by atoms with Crippen LogP contribution in [0.25, 0.3) is 11.1 Å². The average Bonchev–Trinajstić information content (AvgIpc) is 3.27. The number of fused-ring (bicyclic) bond motifs is 1. The van der Waals surface area contributed by atoms with Gasteiger partial charge in [0.1, 0.15) is 0 Å². The quantitative estimate of drug-likeness (QED) is 0.341. The molecule has 1 aliphatic carbocycles. The van der Waals surface area contributed by atoms with E-state index in [2.05, 4.69) is 97.6 Å². The number of carbonyl (C=O) groups excluding carboxylic acids is 1. The SMILES string of the molecule is Cc1ccc(-c2ccccc2C(=O)N(Cc2cccc(C)c2)C2Cc3ccccc3C2)cc1. The lowest BCUT2D eigenvalue weighted by molar-refractivity contribution is 0.0668. The van der Waals surface area contributed by atoms with Crippen LogP contribution in [-0.4, -0.2) is 16.8 Å². The monoisotopic (exact) mass is 431 g/mol.